The molecule has 1 N–H and O–H groups in total. The minimum absolute atomic E-state index is 0.470. The monoisotopic (exact) mass is 261 g/mol. The lowest BCUT2D eigenvalue weighted by Crippen LogP contribution is -2.18. The Bertz CT molecular complexity index is 457. The van der Waals surface area contributed by atoms with E-state index in [2.05, 4.69) is 52.1 Å². The Kier molecular flexibility index (Phi) is 2.87. The van der Waals surface area contributed by atoms with Crippen LogP contribution in [0.1, 0.15) is 58.5 Å². The van der Waals surface area contributed by atoms with E-state index in [1.54, 1.807) is 0 Å². The van der Waals surface area contributed by atoms with Crippen LogP contribution in [-0.4, -0.2) is 6.54 Å². The van der Waals surface area contributed by atoms with Crippen molar-refractivity contribution in [3.8, 4) is 0 Å². The normalized spacial score (nSPS) is 31.4. The molecule has 2 nitrogen and oxygen atoms in total. The van der Waals surface area contributed by atoms with Crippen molar-refractivity contribution in [2.24, 2.45) is 22.7 Å². The third kappa shape index (κ3) is 2.14. The number of hydrogen-bond donors (Lipinski definition) is 1. The van der Waals surface area contributed by atoms with E-state index in [1.807, 2.05) is 0 Å². The molecule has 19 heavy (non-hydrogen) atoms. The van der Waals surface area contributed by atoms with Crippen LogP contribution >= 0.6 is 0 Å². The van der Waals surface area contributed by atoms with Gasteiger partial charge in [0, 0.05) is 5.92 Å². The van der Waals surface area contributed by atoms with Gasteiger partial charge in [-0.15, -0.1) is 0 Å². The Hall–Kier alpha value is -0.760. The highest BCUT2D eigenvalue weighted by Gasteiger charge is 2.63. The summed E-state index contributed by atoms with van der Waals surface area (Å²) < 4.78 is 5.92. The van der Waals surface area contributed by atoms with E-state index in [-0.39, 0.29) is 0 Å². The number of nitrogens with one attached hydrogen (secondary N) is 1. The maximum Gasteiger partial charge on any atom is 0.117 e. The Labute approximate surface area is 117 Å². The molecule has 0 aromatic carbocycles. The number of hydrogen-bond acceptors (Lipinski definition) is 2. The third-order valence-corrected chi connectivity index (χ3v) is 6.12. The fraction of sp³-hybridized carbons (Fsp3) is 0.765. The molecule has 2 aliphatic carbocycles. The third-order valence-electron chi connectivity index (χ3n) is 6.12. The lowest BCUT2D eigenvalue weighted by molar-refractivity contribution is 0.433. The maximum absolute atomic E-state index is 5.92. The molecule has 0 radical (unpaired) electrons. The van der Waals surface area contributed by atoms with Gasteiger partial charge in [-0.25, -0.2) is 0 Å². The molecular weight excluding hydrogens is 234 g/mol. The molecule has 0 amide bonds. The number of furan rings is 1. The quantitative estimate of drug-likeness (QED) is 0.860. The van der Waals surface area contributed by atoms with E-state index in [0.717, 1.165) is 30.7 Å². The Morgan fingerprint density at radius 1 is 1.21 bits per heavy atom. The average Bonchev–Trinajstić information content (AvgIpc) is 3.01. The second-order valence-corrected chi connectivity index (χ2v) is 7.75. The van der Waals surface area contributed by atoms with Crippen molar-refractivity contribution in [2.45, 2.75) is 53.5 Å². The van der Waals surface area contributed by atoms with Gasteiger partial charge in [-0.2, -0.15) is 0 Å². The van der Waals surface area contributed by atoms with Crippen LogP contribution < -0.4 is 5.32 Å². The average molecular weight is 261 g/mol. The molecule has 2 unspecified atom stereocenters. The summed E-state index contributed by atoms with van der Waals surface area (Å²) >= 11 is 0. The highest BCUT2D eigenvalue weighted by Crippen LogP contribution is 2.67. The van der Waals surface area contributed by atoms with Crippen molar-refractivity contribution in [3.63, 3.8) is 0 Å². The fourth-order valence-corrected chi connectivity index (χ4v) is 3.59. The van der Waals surface area contributed by atoms with Gasteiger partial charge in [0.25, 0.3) is 0 Å². The largest absolute Gasteiger partial charge is 0.464 e. The molecule has 3 rings (SSSR count). The van der Waals surface area contributed by atoms with Crippen molar-refractivity contribution < 1.29 is 4.42 Å². The summed E-state index contributed by atoms with van der Waals surface area (Å²) in [5.74, 6) is 4.56. The van der Waals surface area contributed by atoms with E-state index in [1.165, 1.54) is 12.2 Å². The van der Waals surface area contributed by atoms with Crippen LogP contribution in [0.5, 0.6) is 0 Å². The molecule has 0 bridgehead atoms. The van der Waals surface area contributed by atoms with Crippen molar-refractivity contribution >= 4 is 0 Å². The highest BCUT2D eigenvalue weighted by molar-refractivity contribution is 5.18. The first-order valence-corrected chi connectivity index (χ1v) is 7.63. The lowest BCUT2D eigenvalue weighted by Gasteiger charge is -2.04. The topological polar surface area (TPSA) is 25.2 Å². The predicted molar refractivity (Wildman–Crippen MR) is 78.0 cm³/mol. The Balaban J connectivity index is 1.47. The Morgan fingerprint density at radius 3 is 2.37 bits per heavy atom. The van der Waals surface area contributed by atoms with E-state index >= 15 is 0 Å². The van der Waals surface area contributed by atoms with Gasteiger partial charge in [0.2, 0.25) is 0 Å². The maximum atomic E-state index is 5.92. The molecule has 1 heterocycles. The zero-order valence-corrected chi connectivity index (χ0v) is 12.9. The molecule has 1 aromatic heterocycles. The zero-order valence-electron chi connectivity index (χ0n) is 12.9. The molecular formula is C17H27NO. The first-order chi connectivity index (χ1) is 8.84. The summed E-state index contributed by atoms with van der Waals surface area (Å²) in [6.45, 7) is 13.7. The van der Waals surface area contributed by atoms with E-state index in [9.17, 15) is 0 Å². The SMILES string of the molecule is CC1CC1c1ccc(CNCC2C(C)(C)C2(C)C)o1. The molecule has 2 aliphatic rings. The van der Waals surface area contributed by atoms with Crippen molar-refractivity contribution in [2.75, 3.05) is 6.54 Å². The van der Waals surface area contributed by atoms with Crippen LogP contribution in [0.25, 0.3) is 0 Å². The Morgan fingerprint density at radius 2 is 1.84 bits per heavy atom. The highest BCUT2D eigenvalue weighted by atomic mass is 16.3. The van der Waals surface area contributed by atoms with Crippen molar-refractivity contribution in [1.82, 2.24) is 5.32 Å². The second-order valence-electron chi connectivity index (χ2n) is 7.75. The van der Waals surface area contributed by atoms with Crippen molar-refractivity contribution in [1.29, 1.82) is 0 Å². The van der Waals surface area contributed by atoms with Gasteiger partial charge in [0.15, 0.2) is 0 Å². The van der Waals surface area contributed by atoms with Crippen LogP contribution in [0.3, 0.4) is 0 Å². The molecule has 2 heteroatoms. The second kappa shape index (κ2) is 4.12. The summed E-state index contributed by atoms with van der Waals surface area (Å²) in [5, 5.41) is 3.56. The summed E-state index contributed by atoms with van der Waals surface area (Å²) in [4.78, 5) is 0. The van der Waals surface area contributed by atoms with E-state index in [4.69, 9.17) is 4.42 Å². The van der Waals surface area contributed by atoms with Gasteiger partial charge in [-0.05, 0) is 47.8 Å². The minimum atomic E-state index is 0.470. The molecule has 2 fully saturated rings. The van der Waals surface area contributed by atoms with Gasteiger partial charge in [-0.3, -0.25) is 0 Å². The summed E-state index contributed by atoms with van der Waals surface area (Å²) in [6.07, 6.45) is 1.30. The first kappa shape index (κ1) is 13.2. The molecule has 0 saturated heterocycles. The molecule has 2 atom stereocenters. The molecule has 0 spiro atoms. The smallest absolute Gasteiger partial charge is 0.117 e. The predicted octanol–water partition coefficient (Wildman–Crippen LogP) is 4.17. The summed E-state index contributed by atoms with van der Waals surface area (Å²) in [7, 11) is 0. The van der Waals surface area contributed by atoms with Gasteiger partial charge in [0.1, 0.15) is 11.5 Å². The molecule has 106 valence electrons. The standard InChI is InChI=1S/C17H27NO/c1-11-8-13(11)14-7-6-12(19-14)9-18-10-15-16(2,3)17(15,4)5/h6-7,11,13,15,18H,8-10H2,1-5H3. The van der Waals surface area contributed by atoms with Gasteiger partial charge >= 0.3 is 0 Å². The van der Waals surface area contributed by atoms with Crippen LogP contribution in [0.15, 0.2) is 16.5 Å². The van der Waals surface area contributed by atoms with E-state index < -0.39 is 0 Å². The first-order valence-electron chi connectivity index (χ1n) is 7.63. The van der Waals surface area contributed by atoms with Crippen LogP contribution in [0.4, 0.5) is 0 Å². The molecule has 0 aliphatic heterocycles. The minimum Gasteiger partial charge on any atom is -0.464 e. The summed E-state index contributed by atoms with van der Waals surface area (Å²) in [5.41, 5.74) is 0.940. The fourth-order valence-electron chi connectivity index (χ4n) is 3.59. The lowest BCUT2D eigenvalue weighted by atomic mass is 10.0. The van der Waals surface area contributed by atoms with Gasteiger partial charge in [-0.1, -0.05) is 34.6 Å². The zero-order chi connectivity index (χ0) is 13.8. The molecule has 1 aromatic rings. The van der Waals surface area contributed by atoms with Crippen LogP contribution in [-0.2, 0) is 6.54 Å². The van der Waals surface area contributed by atoms with E-state index in [0.29, 0.717) is 16.7 Å². The van der Waals surface area contributed by atoms with Gasteiger partial charge < -0.3 is 9.73 Å². The van der Waals surface area contributed by atoms with Gasteiger partial charge in [0.05, 0.1) is 6.54 Å². The number of rotatable bonds is 5. The summed E-state index contributed by atoms with van der Waals surface area (Å²) in [6, 6.07) is 4.30. The van der Waals surface area contributed by atoms with Crippen LogP contribution in [0.2, 0.25) is 0 Å². The molecule has 2 saturated carbocycles. The van der Waals surface area contributed by atoms with Crippen molar-refractivity contribution in [3.05, 3.63) is 23.7 Å². The van der Waals surface area contributed by atoms with Crippen LogP contribution in [0, 0.1) is 22.7 Å².